The zero-order valence-electron chi connectivity index (χ0n) is 17.4. The van der Waals surface area contributed by atoms with Crippen molar-refractivity contribution < 1.29 is 14.1 Å². The fourth-order valence-electron chi connectivity index (χ4n) is 3.21. The van der Waals surface area contributed by atoms with Crippen molar-refractivity contribution in [2.24, 2.45) is 0 Å². The number of hydrogen-bond donors (Lipinski definition) is 1. The summed E-state index contributed by atoms with van der Waals surface area (Å²) in [5.41, 5.74) is 2.68. The van der Waals surface area contributed by atoms with Gasteiger partial charge < -0.3 is 14.6 Å². The number of hydrogen-bond acceptors (Lipinski definition) is 6. The third kappa shape index (κ3) is 4.50. The first kappa shape index (κ1) is 20.4. The van der Waals surface area contributed by atoms with Crippen LogP contribution in [0.5, 0.6) is 5.75 Å². The molecule has 0 radical (unpaired) electrons. The largest absolute Gasteiger partial charge is 0.489 e. The maximum atomic E-state index is 12.3. The lowest BCUT2D eigenvalue weighted by molar-refractivity contribution is 0.0952. The number of pyridine rings is 1. The minimum Gasteiger partial charge on any atom is -0.489 e. The molecule has 31 heavy (non-hydrogen) atoms. The number of nitrogens with one attached hydrogen (secondary N) is 1. The van der Waals surface area contributed by atoms with Gasteiger partial charge in [0.1, 0.15) is 18.1 Å². The van der Waals surface area contributed by atoms with Crippen molar-refractivity contribution in [3.05, 3.63) is 81.7 Å². The number of aryl methyl sites for hydroxylation is 3. The van der Waals surface area contributed by atoms with E-state index in [9.17, 15) is 9.59 Å². The van der Waals surface area contributed by atoms with Gasteiger partial charge >= 0.3 is 5.69 Å². The average molecular weight is 421 g/mol. The van der Waals surface area contributed by atoms with E-state index in [4.69, 9.17) is 9.26 Å². The zero-order valence-corrected chi connectivity index (χ0v) is 17.4. The number of nitrogens with zero attached hydrogens (tertiary/aromatic N) is 4. The van der Waals surface area contributed by atoms with Gasteiger partial charge in [0.25, 0.3) is 5.91 Å². The smallest absolute Gasteiger partial charge is 0.350 e. The monoisotopic (exact) mass is 421 g/mol. The zero-order chi connectivity index (χ0) is 21.8. The molecule has 4 aromatic rings. The summed E-state index contributed by atoms with van der Waals surface area (Å²) < 4.78 is 13.8. The maximum Gasteiger partial charge on any atom is 0.350 e. The summed E-state index contributed by atoms with van der Waals surface area (Å²) in [6, 6.07) is 12.3. The Kier molecular flexibility index (Phi) is 5.83. The van der Waals surface area contributed by atoms with E-state index in [0.29, 0.717) is 43.1 Å². The van der Waals surface area contributed by atoms with Crippen LogP contribution >= 0.6 is 0 Å². The van der Waals surface area contributed by atoms with Crippen LogP contribution < -0.4 is 15.7 Å². The summed E-state index contributed by atoms with van der Waals surface area (Å²) in [6.45, 7) is 4.93. The molecule has 0 saturated carbocycles. The molecule has 0 atom stereocenters. The first-order valence-electron chi connectivity index (χ1n) is 10.00. The third-order valence-electron chi connectivity index (χ3n) is 5.00. The highest BCUT2D eigenvalue weighted by molar-refractivity contribution is 5.94. The molecule has 0 unspecified atom stereocenters. The van der Waals surface area contributed by atoms with Crippen molar-refractivity contribution in [3.8, 4) is 5.75 Å². The fourth-order valence-corrected chi connectivity index (χ4v) is 3.21. The summed E-state index contributed by atoms with van der Waals surface area (Å²) in [4.78, 5) is 24.6. The number of amides is 1. The van der Waals surface area contributed by atoms with Gasteiger partial charge in [-0.1, -0.05) is 11.2 Å². The van der Waals surface area contributed by atoms with Gasteiger partial charge in [-0.05, 0) is 56.7 Å². The second-order valence-electron chi connectivity index (χ2n) is 7.16. The van der Waals surface area contributed by atoms with E-state index in [0.717, 1.165) is 17.0 Å². The Morgan fingerprint density at radius 1 is 1.16 bits per heavy atom. The predicted octanol–water partition coefficient (Wildman–Crippen LogP) is 2.50. The minimum absolute atomic E-state index is 0.181. The summed E-state index contributed by atoms with van der Waals surface area (Å²) in [5, 5.41) is 11.0. The maximum absolute atomic E-state index is 12.3. The SMILES string of the molecule is Cc1noc(C)c1COc1ccc(C(=O)NCCCn2nc3ccccn3c2=O)cc1. The van der Waals surface area contributed by atoms with Crippen LogP contribution in [0.4, 0.5) is 0 Å². The lowest BCUT2D eigenvalue weighted by Crippen LogP contribution is -2.27. The Bertz CT molecular complexity index is 1230. The van der Waals surface area contributed by atoms with Crippen LogP contribution in [0.1, 0.15) is 33.8 Å². The third-order valence-corrected chi connectivity index (χ3v) is 5.00. The number of benzene rings is 1. The first-order chi connectivity index (χ1) is 15.0. The molecule has 0 aliphatic rings. The van der Waals surface area contributed by atoms with Crippen molar-refractivity contribution in [2.45, 2.75) is 33.4 Å². The van der Waals surface area contributed by atoms with Crippen LogP contribution in [0, 0.1) is 13.8 Å². The molecular formula is C22H23N5O4. The summed E-state index contributed by atoms with van der Waals surface area (Å²) in [7, 11) is 0. The van der Waals surface area contributed by atoms with E-state index in [2.05, 4.69) is 15.6 Å². The van der Waals surface area contributed by atoms with Crippen LogP contribution in [0.15, 0.2) is 58.0 Å². The van der Waals surface area contributed by atoms with E-state index in [1.165, 1.54) is 9.08 Å². The summed E-state index contributed by atoms with van der Waals surface area (Å²) in [5.74, 6) is 1.21. The van der Waals surface area contributed by atoms with E-state index < -0.39 is 0 Å². The Hall–Kier alpha value is -3.88. The highest BCUT2D eigenvalue weighted by atomic mass is 16.5. The normalized spacial score (nSPS) is 11.0. The van der Waals surface area contributed by atoms with E-state index in [1.54, 1.807) is 42.6 Å². The second-order valence-corrected chi connectivity index (χ2v) is 7.16. The van der Waals surface area contributed by atoms with Crippen LogP contribution in [-0.4, -0.2) is 31.8 Å². The van der Waals surface area contributed by atoms with E-state index >= 15 is 0 Å². The Morgan fingerprint density at radius 2 is 1.97 bits per heavy atom. The number of ether oxygens (including phenoxy) is 1. The van der Waals surface area contributed by atoms with Crippen molar-refractivity contribution in [2.75, 3.05) is 6.54 Å². The van der Waals surface area contributed by atoms with Gasteiger partial charge in [0.05, 0.1) is 11.3 Å². The van der Waals surface area contributed by atoms with Gasteiger partial charge in [0, 0.05) is 24.8 Å². The standard InChI is InChI=1S/C22H23N5O4/c1-15-19(16(2)31-25-15)14-30-18-9-7-17(8-10-18)21(28)23-11-5-13-27-22(29)26-12-4-3-6-20(26)24-27/h3-4,6-10,12H,5,11,13-14H2,1-2H3,(H,23,28). The Labute approximate surface area is 178 Å². The highest BCUT2D eigenvalue weighted by Crippen LogP contribution is 2.18. The first-order valence-corrected chi connectivity index (χ1v) is 10.00. The molecule has 160 valence electrons. The number of rotatable bonds is 8. The molecule has 9 heteroatoms. The number of fused-ring (bicyclic) bond motifs is 1. The molecule has 1 N–H and O–H groups in total. The predicted molar refractivity (Wildman–Crippen MR) is 113 cm³/mol. The molecule has 3 heterocycles. The molecule has 4 rings (SSSR count). The Balaban J connectivity index is 1.26. The number of carbonyl (C=O) groups excluding carboxylic acids is 1. The summed E-state index contributed by atoms with van der Waals surface area (Å²) in [6.07, 6.45) is 2.28. The molecule has 9 nitrogen and oxygen atoms in total. The van der Waals surface area contributed by atoms with E-state index in [-0.39, 0.29) is 11.6 Å². The summed E-state index contributed by atoms with van der Waals surface area (Å²) >= 11 is 0. The number of aromatic nitrogens is 4. The van der Waals surface area contributed by atoms with Crippen LogP contribution in [0.3, 0.4) is 0 Å². The molecule has 0 aliphatic carbocycles. The van der Waals surface area contributed by atoms with Crippen molar-refractivity contribution in [1.82, 2.24) is 24.7 Å². The molecule has 3 aromatic heterocycles. The van der Waals surface area contributed by atoms with Crippen molar-refractivity contribution in [1.29, 1.82) is 0 Å². The Morgan fingerprint density at radius 3 is 2.68 bits per heavy atom. The van der Waals surface area contributed by atoms with Gasteiger partial charge in [-0.25, -0.2) is 9.48 Å². The highest BCUT2D eigenvalue weighted by Gasteiger charge is 2.11. The fraction of sp³-hybridized carbons (Fsp3) is 0.273. The second kappa shape index (κ2) is 8.86. The van der Waals surface area contributed by atoms with Crippen LogP contribution in [0.25, 0.3) is 5.65 Å². The minimum atomic E-state index is -0.186. The molecular weight excluding hydrogens is 398 g/mol. The van der Waals surface area contributed by atoms with Gasteiger partial charge in [-0.2, -0.15) is 0 Å². The number of carbonyl (C=O) groups is 1. The van der Waals surface area contributed by atoms with Gasteiger partial charge in [-0.3, -0.25) is 9.20 Å². The topological polar surface area (TPSA) is 104 Å². The van der Waals surface area contributed by atoms with Crippen molar-refractivity contribution >= 4 is 11.6 Å². The van der Waals surface area contributed by atoms with Gasteiger partial charge in [0.2, 0.25) is 0 Å². The molecule has 0 saturated heterocycles. The van der Waals surface area contributed by atoms with Gasteiger partial charge in [-0.15, -0.1) is 5.10 Å². The van der Waals surface area contributed by atoms with Crippen LogP contribution in [0.2, 0.25) is 0 Å². The molecule has 0 bridgehead atoms. The molecule has 0 aliphatic heterocycles. The lowest BCUT2D eigenvalue weighted by atomic mass is 10.2. The van der Waals surface area contributed by atoms with Crippen molar-refractivity contribution in [3.63, 3.8) is 0 Å². The van der Waals surface area contributed by atoms with E-state index in [1.807, 2.05) is 19.9 Å². The molecule has 1 aromatic carbocycles. The lowest BCUT2D eigenvalue weighted by Gasteiger charge is -2.08. The average Bonchev–Trinajstić information content (AvgIpc) is 3.28. The molecule has 0 spiro atoms. The van der Waals surface area contributed by atoms with Gasteiger partial charge in [0.15, 0.2) is 5.65 Å². The molecule has 1 amide bonds. The van der Waals surface area contributed by atoms with Crippen LogP contribution in [-0.2, 0) is 13.2 Å². The molecule has 0 fully saturated rings. The quantitative estimate of drug-likeness (QED) is 0.439.